The molecule has 288 valence electrons. The summed E-state index contributed by atoms with van der Waals surface area (Å²) >= 11 is 0. The summed E-state index contributed by atoms with van der Waals surface area (Å²) in [5, 5.41) is 4.92. The zero-order valence-corrected chi connectivity index (χ0v) is 34.2. The number of fused-ring (bicyclic) bond motifs is 6. The molecule has 57 heavy (non-hydrogen) atoms. The zero-order valence-electron chi connectivity index (χ0n) is 34.2. The first-order valence-electron chi connectivity index (χ1n) is 21.4. The van der Waals surface area contributed by atoms with Gasteiger partial charge in [-0.1, -0.05) is 89.6 Å². The molecule has 0 amide bonds. The van der Waals surface area contributed by atoms with E-state index < -0.39 is 5.41 Å². The first-order valence-corrected chi connectivity index (χ1v) is 21.4. The zero-order chi connectivity index (χ0) is 38.9. The van der Waals surface area contributed by atoms with E-state index in [2.05, 4.69) is 147 Å². The summed E-state index contributed by atoms with van der Waals surface area (Å²) in [5.41, 5.74) is 12.1. The second-order valence-corrected chi connectivity index (χ2v) is 18.5. The molecule has 0 atom stereocenters. The van der Waals surface area contributed by atoms with Crippen molar-refractivity contribution in [1.29, 1.82) is 0 Å². The summed E-state index contributed by atoms with van der Waals surface area (Å²) in [4.78, 5) is 20.8. The highest BCUT2D eigenvalue weighted by atomic mass is 15.0. The van der Waals surface area contributed by atoms with E-state index in [0.29, 0.717) is 11.8 Å². The molecule has 8 aromatic rings. The van der Waals surface area contributed by atoms with Crippen LogP contribution in [-0.2, 0) is 10.8 Å². The maximum atomic E-state index is 5.29. The summed E-state index contributed by atoms with van der Waals surface area (Å²) in [5.74, 6) is 1.05. The van der Waals surface area contributed by atoms with Crippen molar-refractivity contribution < 1.29 is 0 Å². The predicted octanol–water partition coefficient (Wildman–Crippen LogP) is 13.2. The van der Waals surface area contributed by atoms with Gasteiger partial charge in [0, 0.05) is 61.6 Å². The van der Waals surface area contributed by atoms with Gasteiger partial charge >= 0.3 is 0 Å². The Hall–Kier alpha value is -5.36. The quantitative estimate of drug-likeness (QED) is 0.170. The van der Waals surface area contributed by atoms with Gasteiger partial charge in [-0.2, -0.15) is 0 Å². The molecule has 0 bridgehead atoms. The van der Waals surface area contributed by atoms with Gasteiger partial charge < -0.3 is 9.13 Å². The fourth-order valence-corrected chi connectivity index (χ4v) is 9.96. The van der Waals surface area contributed by atoms with Crippen molar-refractivity contribution >= 4 is 43.6 Å². The maximum absolute atomic E-state index is 5.29. The molecule has 2 fully saturated rings. The molecule has 2 aliphatic carbocycles. The summed E-state index contributed by atoms with van der Waals surface area (Å²) in [6.07, 6.45) is 21.1. The van der Waals surface area contributed by atoms with Gasteiger partial charge in [-0.15, -0.1) is 0 Å². The minimum absolute atomic E-state index is 0.0338. The van der Waals surface area contributed by atoms with Crippen molar-refractivity contribution in [2.45, 2.75) is 121 Å². The van der Waals surface area contributed by atoms with Crippen LogP contribution in [0.1, 0.15) is 139 Å². The fourth-order valence-electron chi connectivity index (χ4n) is 9.96. The Balaban J connectivity index is 1.14. The molecule has 6 heteroatoms. The minimum Gasteiger partial charge on any atom is -0.306 e. The Kier molecular flexibility index (Phi) is 8.80. The molecule has 6 aromatic heterocycles. The number of nitrogens with zero attached hydrogens (tertiary/aromatic N) is 6. The van der Waals surface area contributed by atoms with Gasteiger partial charge in [-0.05, 0) is 99.0 Å². The lowest BCUT2D eigenvalue weighted by Crippen LogP contribution is -2.22. The third kappa shape index (κ3) is 6.23. The normalized spacial score (nSPS) is 16.4. The highest BCUT2D eigenvalue weighted by Crippen LogP contribution is 2.42. The first-order chi connectivity index (χ1) is 27.6. The van der Waals surface area contributed by atoms with Crippen LogP contribution in [0, 0.1) is 0 Å². The van der Waals surface area contributed by atoms with E-state index in [0.717, 1.165) is 44.8 Å². The highest BCUT2D eigenvalue weighted by molar-refractivity contribution is 6.10. The molecule has 0 radical (unpaired) electrons. The molecule has 0 unspecified atom stereocenters. The number of rotatable bonds is 6. The number of para-hydroxylation sites is 1. The lowest BCUT2D eigenvalue weighted by Gasteiger charge is -2.24. The van der Waals surface area contributed by atoms with Gasteiger partial charge in [0.1, 0.15) is 0 Å². The van der Waals surface area contributed by atoms with E-state index in [1.54, 1.807) is 0 Å². The van der Waals surface area contributed by atoms with Gasteiger partial charge in [-0.25, -0.2) is 0 Å². The van der Waals surface area contributed by atoms with E-state index in [1.165, 1.54) is 103 Å². The molecule has 0 aliphatic heterocycles. The van der Waals surface area contributed by atoms with E-state index in [1.807, 2.05) is 0 Å². The van der Waals surface area contributed by atoms with Crippen molar-refractivity contribution in [2.75, 3.05) is 0 Å². The Bertz CT molecular complexity index is 2770. The smallest absolute Gasteiger partial charge is 0.0725 e. The molecule has 6 nitrogen and oxygen atoms in total. The summed E-state index contributed by atoms with van der Waals surface area (Å²) in [6, 6.07) is 29.1. The van der Waals surface area contributed by atoms with Crippen LogP contribution < -0.4 is 0 Å². The fraction of sp³-hybridized carbons (Fsp3) is 0.373. The Morgan fingerprint density at radius 2 is 0.895 bits per heavy atom. The molecule has 2 aliphatic rings. The van der Waals surface area contributed by atoms with E-state index in [9.17, 15) is 0 Å². The van der Waals surface area contributed by atoms with Crippen LogP contribution in [0.3, 0.4) is 0 Å². The second-order valence-electron chi connectivity index (χ2n) is 18.5. The maximum Gasteiger partial charge on any atom is 0.0725 e. The Morgan fingerprint density at radius 1 is 0.456 bits per heavy atom. The number of pyridine rings is 4. The van der Waals surface area contributed by atoms with E-state index in [4.69, 9.17) is 19.9 Å². The van der Waals surface area contributed by atoms with Gasteiger partial charge in [0.05, 0.1) is 58.2 Å². The summed E-state index contributed by atoms with van der Waals surface area (Å²) in [7, 11) is 0. The lowest BCUT2D eigenvalue weighted by molar-refractivity contribution is 0.437. The van der Waals surface area contributed by atoms with Crippen LogP contribution in [0.15, 0.2) is 104 Å². The number of hydrogen-bond donors (Lipinski definition) is 0. The third-order valence-corrected chi connectivity index (χ3v) is 13.4. The third-order valence-electron chi connectivity index (χ3n) is 13.4. The van der Waals surface area contributed by atoms with Crippen molar-refractivity contribution in [3.63, 3.8) is 0 Å². The standard InChI is InChI=1S/C51H54N6/c1-50(2,3)35-20-15-23-37(24-35)57-45-30-53-43(34-18-11-7-12-19-34)26-39(45)41-28-49(55-32-47(41)57)51(4,5)48-27-40-38-25-42(33-16-9-6-10-17-33)52-29-44(38)56(46(40)31-54-48)36-21-13-8-14-22-36/h8,13-15,20-34H,6-7,9-12,16-19H2,1-5H3. The predicted molar refractivity (Wildman–Crippen MR) is 235 cm³/mol. The molecular formula is C51H54N6. The molecule has 0 spiro atoms. The first kappa shape index (κ1) is 36.0. The van der Waals surface area contributed by atoms with Crippen LogP contribution in [0.2, 0.25) is 0 Å². The molecule has 2 aromatic carbocycles. The van der Waals surface area contributed by atoms with Crippen molar-refractivity contribution in [3.8, 4) is 11.4 Å². The van der Waals surface area contributed by atoms with Crippen molar-refractivity contribution in [3.05, 3.63) is 132 Å². The second kappa shape index (κ2) is 13.9. The Morgan fingerprint density at radius 3 is 1.39 bits per heavy atom. The number of aromatic nitrogens is 6. The van der Waals surface area contributed by atoms with Gasteiger partial charge in [0.25, 0.3) is 0 Å². The summed E-state index contributed by atoms with van der Waals surface area (Å²) < 4.78 is 4.71. The molecular weight excluding hydrogens is 697 g/mol. The van der Waals surface area contributed by atoms with Crippen LogP contribution >= 0.6 is 0 Å². The van der Waals surface area contributed by atoms with E-state index >= 15 is 0 Å². The number of hydrogen-bond acceptors (Lipinski definition) is 4. The molecule has 6 heterocycles. The molecule has 0 saturated heterocycles. The average molecular weight is 751 g/mol. The van der Waals surface area contributed by atoms with Crippen LogP contribution in [-0.4, -0.2) is 29.1 Å². The van der Waals surface area contributed by atoms with Crippen LogP contribution in [0.4, 0.5) is 0 Å². The van der Waals surface area contributed by atoms with Gasteiger partial charge in [0.2, 0.25) is 0 Å². The van der Waals surface area contributed by atoms with Gasteiger partial charge in [-0.3, -0.25) is 19.9 Å². The van der Waals surface area contributed by atoms with E-state index in [-0.39, 0.29) is 5.41 Å². The van der Waals surface area contributed by atoms with Gasteiger partial charge in [0.15, 0.2) is 0 Å². The molecule has 10 rings (SSSR count). The monoisotopic (exact) mass is 750 g/mol. The SMILES string of the molecule is CC(C)(C)c1cccc(-n2c3cnc(C4CCCCC4)cc3c3cc(C(C)(C)c4cc5c6cc(C7CCCCC7)ncc6n(-c6ccccc6)c5cn4)ncc32)c1. The Labute approximate surface area is 336 Å². The molecule has 2 saturated carbocycles. The molecule has 0 N–H and O–H groups in total. The van der Waals surface area contributed by atoms with Crippen LogP contribution in [0.5, 0.6) is 0 Å². The topological polar surface area (TPSA) is 61.4 Å². The minimum atomic E-state index is -0.470. The lowest BCUT2D eigenvalue weighted by atomic mass is 9.83. The number of benzene rings is 2. The van der Waals surface area contributed by atoms with Crippen LogP contribution in [0.25, 0.3) is 55.0 Å². The highest BCUT2D eigenvalue weighted by Gasteiger charge is 2.30. The van der Waals surface area contributed by atoms with Crippen molar-refractivity contribution in [2.24, 2.45) is 0 Å². The largest absolute Gasteiger partial charge is 0.306 e. The summed E-state index contributed by atoms with van der Waals surface area (Å²) in [6.45, 7) is 11.4. The average Bonchev–Trinajstić information content (AvgIpc) is 3.75. The van der Waals surface area contributed by atoms with Crippen molar-refractivity contribution in [1.82, 2.24) is 29.1 Å².